The molecule has 0 aliphatic carbocycles. The van der Waals surface area contributed by atoms with Crippen LogP contribution in [0.25, 0.3) is 0 Å². The van der Waals surface area contributed by atoms with Crippen molar-refractivity contribution in [2.45, 2.75) is 39.2 Å². The molecule has 0 amide bonds. The third-order valence-corrected chi connectivity index (χ3v) is 2.79. The van der Waals surface area contributed by atoms with Gasteiger partial charge in [0.25, 0.3) is 0 Å². The molecule has 0 atom stereocenters. The molecule has 0 bridgehead atoms. The van der Waals surface area contributed by atoms with E-state index in [9.17, 15) is 0 Å². The zero-order valence-corrected chi connectivity index (χ0v) is 10.9. The largest absolute Gasteiger partial charge is 0.322 e. The second-order valence-electron chi connectivity index (χ2n) is 4.65. The molecule has 14 heavy (non-hydrogen) atoms. The van der Waals surface area contributed by atoms with Gasteiger partial charge in [0.15, 0.2) is 0 Å². The lowest BCUT2D eigenvalue weighted by atomic mass is 9.91. The minimum absolute atomic E-state index is 0.270. The summed E-state index contributed by atoms with van der Waals surface area (Å²) in [6.45, 7) is 8.43. The van der Waals surface area contributed by atoms with Crippen LogP contribution in [0.2, 0.25) is 0 Å². The van der Waals surface area contributed by atoms with Gasteiger partial charge < -0.3 is 5.73 Å². The number of hydrogen-bond donors (Lipinski definition) is 1. The first-order valence-electron chi connectivity index (χ1n) is 4.90. The molecule has 0 heterocycles. The van der Waals surface area contributed by atoms with E-state index >= 15 is 0 Å². The van der Waals surface area contributed by atoms with Gasteiger partial charge in [-0.1, -0.05) is 35.8 Å². The maximum absolute atomic E-state index is 6.07. The summed E-state index contributed by atoms with van der Waals surface area (Å²) in [5, 5.41) is 0. The van der Waals surface area contributed by atoms with Crippen LogP contribution in [0.15, 0.2) is 22.7 Å². The van der Waals surface area contributed by atoms with Crippen molar-refractivity contribution in [3.8, 4) is 0 Å². The van der Waals surface area contributed by atoms with E-state index in [1.54, 1.807) is 0 Å². The van der Waals surface area contributed by atoms with Crippen LogP contribution in [0.4, 0.5) is 0 Å². The van der Waals surface area contributed by atoms with Crippen LogP contribution in [0.3, 0.4) is 0 Å². The van der Waals surface area contributed by atoms with Gasteiger partial charge in [0, 0.05) is 10.0 Å². The fourth-order valence-corrected chi connectivity index (χ4v) is 1.83. The van der Waals surface area contributed by atoms with Crippen molar-refractivity contribution in [3.05, 3.63) is 33.8 Å². The minimum atomic E-state index is -0.270. The number of hydrogen-bond acceptors (Lipinski definition) is 1. The molecule has 0 aromatic heterocycles. The van der Waals surface area contributed by atoms with E-state index in [1.807, 2.05) is 13.8 Å². The fraction of sp³-hybridized carbons (Fsp3) is 0.500. The van der Waals surface area contributed by atoms with Crippen LogP contribution >= 0.6 is 15.9 Å². The summed E-state index contributed by atoms with van der Waals surface area (Å²) in [5.41, 5.74) is 8.31. The van der Waals surface area contributed by atoms with Crippen molar-refractivity contribution in [1.29, 1.82) is 0 Å². The summed E-state index contributed by atoms with van der Waals surface area (Å²) < 4.78 is 1.11. The first-order chi connectivity index (χ1) is 6.30. The van der Waals surface area contributed by atoms with Crippen LogP contribution in [-0.4, -0.2) is 0 Å². The van der Waals surface area contributed by atoms with Crippen LogP contribution in [-0.2, 0) is 5.54 Å². The molecule has 0 fully saturated rings. The average molecular weight is 256 g/mol. The van der Waals surface area contributed by atoms with E-state index in [-0.39, 0.29) is 5.54 Å². The lowest BCUT2D eigenvalue weighted by molar-refractivity contribution is 0.553. The Morgan fingerprint density at radius 2 is 1.79 bits per heavy atom. The predicted octanol–water partition coefficient (Wildman–Crippen LogP) is 3.77. The quantitative estimate of drug-likeness (QED) is 0.856. The second-order valence-corrected chi connectivity index (χ2v) is 5.57. The van der Waals surface area contributed by atoms with E-state index in [0.717, 1.165) is 4.47 Å². The fourth-order valence-electron chi connectivity index (χ4n) is 1.32. The van der Waals surface area contributed by atoms with Gasteiger partial charge in [0.2, 0.25) is 0 Å². The summed E-state index contributed by atoms with van der Waals surface area (Å²) in [5.74, 6) is 0.536. The highest BCUT2D eigenvalue weighted by atomic mass is 79.9. The topological polar surface area (TPSA) is 26.0 Å². The molecule has 0 spiro atoms. The molecule has 1 aromatic carbocycles. The molecular formula is C12H18BrN. The molecule has 0 unspecified atom stereocenters. The van der Waals surface area contributed by atoms with Crippen molar-refractivity contribution in [3.63, 3.8) is 0 Å². The maximum Gasteiger partial charge on any atom is 0.0352 e. The van der Waals surface area contributed by atoms with Gasteiger partial charge in [0.1, 0.15) is 0 Å². The first-order valence-corrected chi connectivity index (χ1v) is 5.70. The third-order valence-electron chi connectivity index (χ3n) is 2.33. The average Bonchev–Trinajstić information content (AvgIpc) is 2.01. The van der Waals surface area contributed by atoms with Crippen LogP contribution < -0.4 is 5.73 Å². The molecule has 0 radical (unpaired) electrons. The Bertz CT molecular complexity index is 324. The standard InChI is InChI=1S/C12H18BrN/c1-8(2)9-5-10(12(3,4)14)7-11(13)6-9/h5-8H,14H2,1-4H3. The summed E-state index contributed by atoms with van der Waals surface area (Å²) in [4.78, 5) is 0. The smallest absolute Gasteiger partial charge is 0.0352 e. The molecule has 0 saturated heterocycles. The number of benzene rings is 1. The summed E-state index contributed by atoms with van der Waals surface area (Å²) >= 11 is 3.52. The van der Waals surface area contributed by atoms with Crippen LogP contribution in [0, 0.1) is 0 Å². The van der Waals surface area contributed by atoms with Crippen molar-refractivity contribution in [2.24, 2.45) is 5.73 Å². The van der Waals surface area contributed by atoms with Crippen molar-refractivity contribution in [1.82, 2.24) is 0 Å². The highest BCUT2D eigenvalue weighted by Crippen LogP contribution is 2.26. The Morgan fingerprint density at radius 3 is 2.21 bits per heavy atom. The van der Waals surface area contributed by atoms with Gasteiger partial charge in [-0.05, 0) is 43.0 Å². The molecule has 1 aromatic rings. The van der Waals surface area contributed by atoms with E-state index in [1.165, 1.54) is 11.1 Å². The monoisotopic (exact) mass is 255 g/mol. The highest BCUT2D eigenvalue weighted by molar-refractivity contribution is 9.10. The third kappa shape index (κ3) is 2.82. The molecule has 2 heteroatoms. The SMILES string of the molecule is CC(C)c1cc(Br)cc(C(C)(C)N)c1. The Balaban J connectivity index is 3.21. The van der Waals surface area contributed by atoms with Crippen LogP contribution in [0.5, 0.6) is 0 Å². The Kier molecular flexibility index (Phi) is 3.38. The maximum atomic E-state index is 6.07. The van der Waals surface area contributed by atoms with Crippen molar-refractivity contribution < 1.29 is 0 Å². The lowest BCUT2D eigenvalue weighted by Crippen LogP contribution is -2.28. The van der Waals surface area contributed by atoms with Gasteiger partial charge in [-0.3, -0.25) is 0 Å². The van der Waals surface area contributed by atoms with Gasteiger partial charge in [0.05, 0.1) is 0 Å². The molecule has 1 rings (SSSR count). The predicted molar refractivity (Wildman–Crippen MR) is 65.4 cm³/mol. The lowest BCUT2D eigenvalue weighted by Gasteiger charge is -2.21. The number of halogens is 1. The molecule has 1 nitrogen and oxygen atoms in total. The molecule has 2 N–H and O–H groups in total. The normalized spacial score (nSPS) is 12.2. The van der Waals surface area contributed by atoms with E-state index in [4.69, 9.17) is 5.73 Å². The minimum Gasteiger partial charge on any atom is -0.322 e. The van der Waals surface area contributed by atoms with Crippen molar-refractivity contribution in [2.75, 3.05) is 0 Å². The Hall–Kier alpha value is -0.340. The Labute approximate surface area is 94.8 Å². The molecule has 0 saturated carbocycles. The zero-order valence-electron chi connectivity index (χ0n) is 9.26. The molecule has 0 aliphatic heterocycles. The van der Waals surface area contributed by atoms with E-state index < -0.39 is 0 Å². The number of nitrogens with two attached hydrogens (primary N) is 1. The molecular weight excluding hydrogens is 238 g/mol. The van der Waals surface area contributed by atoms with E-state index in [0.29, 0.717) is 5.92 Å². The zero-order chi connectivity index (χ0) is 10.9. The second kappa shape index (κ2) is 4.03. The summed E-state index contributed by atoms with van der Waals surface area (Å²) in [7, 11) is 0. The number of rotatable bonds is 2. The molecule has 0 aliphatic rings. The van der Waals surface area contributed by atoms with E-state index in [2.05, 4.69) is 48.0 Å². The van der Waals surface area contributed by atoms with Gasteiger partial charge >= 0.3 is 0 Å². The highest BCUT2D eigenvalue weighted by Gasteiger charge is 2.15. The summed E-state index contributed by atoms with van der Waals surface area (Å²) in [6.07, 6.45) is 0. The van der Waals surface area contributed by atoms with Gasteiger partial charge in [-0.15, -0.1) is 0 Å². The van der Waals surface area contributed by atoms with Crippen molar-refractivity contribution >= 4 is 15.9 Å². The van der Waals surface area contributed by atoms with Gasteiger partial charge in [-0.2, -0.15) is 0 Å². The van der Waals surface area contributed by atoms with Crippen LogP contribution in [0.1, 0.15) is 44.7 Å². The molecule has 78 valence electrons. The van der Waals surface area contributed by atoms with Gasteiger partial charge in [-0.25, -0.2) is 0 Å². The first kappa shape index (κ1) is 11.7. The Morgan fingerprint density at radius 1 is 1.21 bits per heavy atom. The summed E-state index contributed by atoms with van der Waals surface area (Å²) in [6, 6.07) is 6.43.